The van der Waals surface area contributed by atoms with Crippen LogP contribution in [-0.4, -0.2) is 0 Å². The van der Waals surface area contributed by atoms with Crippen LogP contribution in [0.15, 0.2) is 42.5 Å². The van der Waals surface area contributed by atoms with Crippen LogP contribution in [0.4, 0.5) is 15.8 Å². The average Bonchev–Trinajstić information content (AvgIpc) is 2.30. The molecule has 2 aromatic rings. The van der Waals surface area contributed by atoms with E-state index in [-0.39, 0.29) is 5.82 Å². The van der Waals surface area contributed by atoms with Gasteiger partial charge in [0.15, 0.2) is 0 Å². The minimum absolute atomic E-state index is 0.220. The minimum atomic E-state index is -0.220. The molecule has 0 aliphatic rings. The largest absolute Gasteiger partial charge is 0.397 e. The summed E-state index contributed by atoms with van der Waals surface area (Å²) in [4.78, 5) is 0. The molecular weight excluding hydrogens is 330 g/mol. The van der Waals surface area contributed by atoms with Crippen LogP contribution in [-0.2, 0) is 6.54 Å². The Hall–Kier alpha value is -1.30. The Morgan fingerprint density at radius 1 is 1.12 bits per heavy atom. The Morgan fingerprint density at radius 2 is 1.82 bits per heavy atom. The first-order chi connectivity index (χ1) is 8.15. The third-order valence-corrected chi connectivity index (χ3v) is 3.08. The highest BCUT2D eigenvalue weighted by atomic mass is 127. The molecule has 0 fully saturated rings. The molecule has 2 nitrogen and oxygen atoms in total. The highest BCUT2D eigenvalue weighted by molar-refractivity contribution is 14.1. The molecule has 2 aromatic carbocycles. The molecule has 0 aliphatic heterocycles. The molecule has 88 valence electrons. The van der Waals surface area contributed by atoms with Gasteiger partial charge in [-0.05, 0) is 58.5 Å². The molecule has 0 heterocycles. The summed E-state index contributed by atoms with van der Waals surface area (Å²) in [5.74, 6) is -0.220. The molecule has 0 saturated carbocycles. The van der Waals surface area contributed by atoms with Gasteiger partial charge in [0, 0.05) is 10.1 Å². The van der Waals surface area contributed by atoms with Crippen molar-refractivity contribution in [1.29, 1.82) is 0 Å². The van der Waals surface area contributed by atoms with Crippen LogP contribution in [0.1, 0.15) is 5.56 Å². The van der Waals surface area contributed by atoms with Gasteiger partial charge in [-0.25, -0.2) is 4.39 Å². The fourth-order valence-corrected chi connectivity index (χ4v) is 2.01. The van der Waals surface area contributed by atoms with Crippen molar-refractivity contribution in [1.82, 2.24) is 0 Å². The molecule has 0 saturated heterocycles. The monoisotopic (exact) mass is 342 g/mol. The smallest absolute Gasteiger partial charge is 0.123 e. The van der Waals surface area contributed by atoms with Gasteiger partial charge in [-0.3, -0.25) is 0 Å². The quantitative estimate of drug-likeness (QED) is 0.660. The fourth-order valence-electron chi connectivity index (χ4n) is 1.49. The Bertz CT molecular complexity index is 511. The number of anilines is 2. The lowest BCUT2D eigenvalue weighted by atomic mass is 10.2. The molecule has 3 N–H and O–H groups in total. The maximum atomic E-state index is 12.7. The zero-order chi connectivity index (χ0) is 12.3. The predicted octanol–water partition coefficient (Wildman–Crippen LogP) is 3.62. The van der Waals surface area contributed by atoms with Crippen LogP contribution >= 0.6 is 22.6 Å². The molecular formula is C13H12FIN2. The van der Waals surface area contributed by atoms with Crippen LogP contribution in [0.5, 0.6) is 0 Å². The molecule has 0 atom stereocenters. The summed E-state index contributed by atoms with van der Waals surface area (Å²) in [5.41, 5.74) is 8.52. The van der Waals surface area contributed by atoms with Gasteiger partial charge in [-0.15, -0.1) is 0 Å². The number of nitrogens with one attached hydrogen (secondary N) is 1. The first kappa shape index (κ1) is 12.2. The topological polar surface area (TPSA) is 38.0 Å². The van der Waals surface area contributed by atoms with Crippen molar-refractivity contribution in [3.63, 3.8) is 0 Å². The predicted molar refractivity (Wildman–Crippen MR) is 77.3 cm³/mol. The SMILES string of the molecule is Nc1cc(I)ccc1NCc1ccc(F)cc1. The molecule has 0 unspecified atom stereocenters. The third kappa shape index (κ3) is 3.33. The second kappa shape index (κ2) is 5.35. The first-order valence-electron chi connectivity index (χ1n) is 5.18. The standard InChI is InChI=1S/C13H12FIN2/c14-10-3-1-9(2-4-10)8-17-13-6-5-11(15)7-12(13)16/h1-7,17H,8,16H2. The normalized spacial score (nSPS) is 10.2. The molecule has 0 aliphatic carbocycles. The van der Waals surface area contributed by atoms with E-state index < -0.39 is 0 Å². The van der Waals surface area contributed by atoms with E-state index >= 15 is 0 Å². The summed E-state index contributed by atoms with van der Waals surface area (Å²) in [6.07, 6.45) is 0. The number of hydrogen-bond donors (Lipinski definition) is 2. The maximum absolute atomic E-state index is 12.7. The van der Waals surface area contributed by atoms with Gasteiger partial charge < -0.3 is 11.1 Å². The Morgan fingerprint density at radius 3 is 2.47 bits per heavy atom. The molecule has 17 heavy (non-hydrogen) atoms. The van der Waals surface area contributed by atoms with Crippen LogP contribution in [0.25, 0.3) is 0 Å². The zero-order valence-corrected chi connectivity index (χ0v) is 11.2. The van der Waals surface area contributed by atoms with Crippen LogP contribution in [0.2, 0.25) is 0 Å². The van der Waals surface area contributed by atoms with Gasteiger partial charge in [0.2, 0.25) is 0 Å². The van der Waals surface area contributed by atoms with E-state index in [1.165, 1.54) is 12.1 Å². The van der Waals surface area contributed by atoms with Gasteiger partial charge in [-0.1, -0.05) is 12.1 Å². The molecule has 2 rings (SSSR count). The van der Waals surface area contributed by atoms with E-state index in [0.29, 0.717) is 6.54 Å². The van der Waals surface area contributed by atoms with Gasteiger partial charge >= 0.3 is 0 Å². The van der Waals surface area contributed by atoms with Crippen molar-refractivity contribution in [2.75, 3.05) is 11.1 Å². The Balaban J connectivity index is 2.04. The summed E-state index contributed by atoms with van der Waals surface area (Å²) in [6.45, 7) is 0.630. The zero-order valence-electron chi connectivity index (χ0n) is 9.08. The maximum Gasteiger partial charge on any atom is 0.123 e. The summed E-state index contributed by atoms with van der Waals surface area (Å²) in [5, 5.41) is 3.23. The Labute approximate surface area is 113 Å². The molecule has 0 spiro atoms. The summed E-state index contributed by atoms with van der Waals surface area (Å²) in [6, 6.07) is 12.3. The molecule has 4 heteroatoms. The molecule has 0 radical (unpaired) electrons. The highest BCUT2D eigenvalue weighted by Crippen LogP contribution is 2.21. The fraction of sp³-hybridized carbons (Fsp3) is 0.0769. The number of hydrogen-bond acceptors (Lipinski definition) is 2. The van der Waals surface area contributed by atoms with Crippen molar-refractivity contribution >= 4 is 34.0 Å². The second-order valence-electron chi connectivity index (χ2n) is 3.71. The van der Waals surface area contributed by atoms with Crippen LogP contribution < -0.4 is 11.1 Å². The molecule has 0 bridgehead atoms. The number of halogens is 2. The molecule has 0 aromatic heterocycles. The third-order valence-electron chi connectivity index (χ3n) is 2.41. The lowest BCUT2D eigenvalue weighted by Crippen LogP contribution is -2.02. The van der Waals surface area contributed by atoms with E-state index in [4.69, 9.17) is 5.73 Å². The molecule has 0 amide bonds. The van der Waals surface area contributed by atoms with Crippen molar-refractivity contribution in [3.8, 4) is 0 Å². The minimum Gasteiger partial charge on any atom is -0.397 e. The van der Waals surface area contributed by atoms with E-state index in [9.17, 15) is 4.39 Å². The number of nitrogens with two attached hydrogens (primary N) is 1. The van der Waals surface area contributed by atoms with Gasteiger partial charge in [0.1, 0.15) is 5.82 Å². The Kier molecular flexibility index (Phi) is 3.83. The van der Waals surface area contributed by atoms with E-state index in [2.05, 4.69) is 27.9 Å². The van der Waals surface area contributed by atoms with Crippen LogP contribution in [0.3, 0.4) is 0 Å². The lowest BCUT2D eigenvalue weighted by molar-refractivity contribution is 0.627. The summed E-state index contributed by atoms with van der Waals surface area (Å²) in [7, 11) is 0. The summed E-state index contributed by atoms with van der Waals surface area (Å²) < 4.78 is 13.8. The van der Waals surface area contributed by atoms with E-state index in [0.717, 1.165) is 20.5 Å². The number of rotatable bonds is 3. The lowest BCUT2D eigenvalue weighted by Gasteiger charge is -2.09. The van der Waals surface area contributed by atoms with Crippen molar-refractivity contribution in [2.45, 2.75) is 6.54 Å². The van der Waals surface area contributed by atoms with E-state index in [1.807, 2.05) is 18.2 Å². The van der Waals surface area contributed by atoms with Crippen molar-refractivity contribution in [3.05, 3.63) is 57.4 Å². The van der Waals surface area contributed by atoms with Gasteiger partial charge in [0.25, 0.3) is 0 Å². The highest BCUT2D eigenvalue weighted by Gasteiger charge is 1.99. The van der Waals surface area contributed by atoms with Crippen molar-refractivity contribution in [2.24, 2.45) is 0 Å². The second-order valence-corrected chi connectivity index (χ2v) is 4.96. The van der Waals surface area contributed by atoms with E-state index in [1.54, 1.807) is 12.1 Å². The number of benzene rings is 2. The van der Waals surface area contributed by atoms with Gasteiger partial charge in [0.05, 0.1) is 11.4 Å². The number of nitrogen functional groups attached to an aromatic ring is 1. The summed E-state index contributed by atoms with van der Waals surface area (Å²) >= 11 is 2.22. The van der Waals surface area contributed by atoms with Crippen LogP contribution in [0, 0.1) is 9.39 Å². The first-order valence-corrected chi connectivity index (χ1v) is 6.26. The average molecular weight is 342 g/mol. The van der Waals surface area contributed by atoms with Gasteiger partial charge in [-0.2, -0.15) is 0 Å². The van der Waals surface area contributed by atoms with Crippen molar-refractivity contribution < 1.29 is 4.39 Å².